The van der Waals surface area contributed by atoms with Gasteiger partial charge in [0, 0.05) is 5.69 Å². The molecule has 74 valence electrons. The Balaban J connectivity index is 1.91. The van der Waals surface area contributed by atoms with E-state index in [1.54, 1.807) is 12.1 Å². The van der Waals surface area contributed by atoms with Crippen LogP contribution in [-0.4, -0.2) is 5.11 Å². The Morgan fingerprint density at radius 3 is 2.53 bits per heavy atom. The van der Waals surface area contributed by atoms with Gasteiger partial charge in [0.15, 0.2) is 11.5 Å². The maximum absolute atomic E-state index is 9.31. The second kappa shape index (κ2) is 2.92. The molecule has 0 amide bonds. The molecule has 3 nitrogen and oxygen atoms in total. The number of hydrogen-bond donors (Lipinski definition) is 2. The number of para-hydroxylation sites is 1. The van der Waals surface area contributed by atoms with E-state index in [2.05, 4.69) is 5.32 Å². The molecule has 2 N–H and O–H groups in total. The molecular formula is C12H9NO2. The lowest BCUT2D eigenvalue weighted by molar-refractivity contribution is 0.463. The van der Waals surface area contributed by atoms with Crippen LogP contribution in [0.2, 0.25) is 0 Å². The van der Waals surface area contributed by atoms with Crippen molar-refractivity contribution in [2.24, 2.45) is 0 Å². The summed E-state index contributed by atoms with van der Waals surface area (Å²) in [5, 5.41) is 12.5. The van der Waals surface area contributed by atoms with Crippen LogP contribution in [0.4, 0.5) is 11.4 Å². The van der Waals surface area contributed by atoms with E-state index in [4.69, 9.17) is 4.74 Å². The van der Waals surface area contributed by atoms with Crippen molar-refractivity contribution < 1.29 is 9.84 Å². The SMILES string of the molecule is Oc1ccc(Nc2ccccc2)c2c1O2. The quantitative estimate of drug-likeness (QED) is 0.492. The number of fused-ring (bicyclic) bond motifs is 1. The predicted molar refractivity (Wildman–Crippen MR) is 57.9 cm³/mol. The van der Waals surface area contributed by atoms with Crippen molar-refractivity contribution in [3.63, 3.8) is 0 Å². The molecular weight excluding hydrogens is 190 g/mol. The fourth-order valence-corrected chi connectivity index (χ4v) is 1.51. The van der Waals surface area contributed by atoms with Gasteiger partial charge in [-0.15, -0.1) is 0 Å². The van der Waals surface area contributed by atoms with Gasteiger partial charge in [0.2, 0.25) is 5.75 Å². The van der Waals surface area contributed by atoms with E-state index in [1.165, 1.54) is 0 Å². The monoisotopic (exact) mass is 199 g/mol. The van der Waals surface area contributed by atoms with Crippen LogP contribution >= 0.6 is 0 Å². The molecule has 1 aliphatic heterocycles. The van der Waals surface area contributed by atoms with Crippen molar-refractivity contribution >= 4 is 11.4 Å². The van der Waals surface area contributed by atoms with Crippen molar-refractivity contribution in [3.05, 3.63) is 42.5 Å². The minimum absolute atomic E-state index is 0.198. The smallest absolute Gasteiger partial charge is 0.213 e. The number of hydrogen-bond acceptors (Lipinski definition) is 3. The third kappa shape index (κ3) is 1.38. The number of nitrogens with one attached hydrogen (secondary N) is 1. The van der Waals surface area contributed by atoms with Crippen molar-refractivity contribution in [2.75, 3.05) is 5.32 Å². The van der Waals surface area contributed by atoms with E-state index in [1.807, 2.05) is 30.3 Å². The topological polar surface area (TPSA) is 44.8 Å². The summed E-state index contributed by atoms with van der Waals surface area (Å²) < 4.78 is 5.16. The number of aromatic hydroxyl groups is 1. The van der Waals surface area contributed by atoms with Gasteiger partial charge in [-0.3, -0.25) is 0 Å². The Morgan fingerprint density at radius 1 is 0.933 bits per heavy atom. The van der Waals surface area contributed by atoms with Crippen LogP contribution < -0.4 is 10.1 Å². The Labute approximate surface area is 86.9 Å². The standard InChI is InChI=1S/C12H9NO2/c14-10-7-6-9(11-12(10)15-11)13-8-4-2-1-3-5-8/h1-7,13-14H. The molecule has 0 aromatic heterocycles. The summed E-state index contributed by atoms with van der Waals surface area (Å²) >= 11 is 0. The molecule has 2 aromatic carbocycles. The van der Waals surface area contributed by atoms with Crippen LogP contribution in [-0.2, 0) is 0 Å². The molecule has 0 unspecified atom stereocenters. The van der Waals surface area contributed by atoms with E-state index in [0.29, 0.717) is 5.75 Å². The lowest BCUT2D eigenvalue weighted by Crippen LogP contribution is -1.87. The van der Waals surface area contributed by atoms with Gasteiger partial charge in [-0.25, -0.2) is 0 Å². The molecule has 0 saturated carbocycles. The molecule has 0 saturated heterocycles. The average Bonchev–Trinajstić information content (AvgIpc) is 3.05. The lowest BCUT2D eigenvalue weighted by atomic mass is 10.2. The zero-order chi connectivity index (χ0) is 10.3. The molecule has 0 atom stereocenters. The molecule has 0 bridgehead atoms. The van der Waals surface area contributed by atoms with Gasteiger partial charge in [-0.2, -0.15) is 0 Å². The fourth-order valence-electron chi connectivity index (χ4n) is 1.51. The van der Waals surface area contributed by atoms with Crippen LogP contribution in [0.15, 0.2) is 42.5 Å². The van der Waals surface area contributed by atoms with Crippen molar-refractivity contribution in [1.82, 2.24) is 0 Å². The second-order valence-electron chi connectivity index (χ2n) is 3.38. The molecule has 0 fully saturated rings. The highest BCUT2D eigenvalue weighted by molar-refractivity contribution is 5.79. The van der Waals surface area contributed by atoms with Crippen LogP contribution in [0.25, 0.3) is 0 Å². The third-order valence-electron chi connectivity index (χ3n) is 2.31. The second-order valence-corrected chi connectivity index (χ2v) is 3.38. The molecule has 3 rings (SSSR count). The van der Waals surface area contributed by atoms with Gasteiger partial charge in [0.1, 0.15) is 0 Å². The van der Waals surface area contributed by atoms with Gasteiger partial charge in [0.25, 0.3) is 0 Å². The Bertz CT molecular complexity index is 509. The van der Waals surface area contributed by atoms with Gasteiger partial charge in [-0.05, 0) is 24.3 Å². The fraction of sp³-hybridized carbons (Fsp3) is 0. The van der Waals surface area contributed by atoms with Crippen LogP contribution in [0.3, 0.4) is 0 Å². The first-order valence-electron chi connectivity index (χ1n) is 4.70. The van der Waals surface area contributed by atoms with Gasteiger partial charge >= 0.3 is 0 Å². The molecule has 1 heterocycles. The van der Waals surface area contributed by atoms with Crippen LogP contribution in [0, 0.1) is 0 Å². The summed E-state index contributed by atoms with van der Waals surface area (Å²) in [5.74, 6) is 1.51. The summed E-state index contributed by atoms with van der Waals surface area (Å²) in [4.78, 5) is 0. The van der Waals surface area contributed by atoms with E-state index < -0.39 is 0 Å². The van der Waals surface area contributed by atoms with Crippen molar-refractivity contribution in [2.45, 2.75) is 0 Å². The van der Waals surface area contributed by atoms with Crippen molar-refractivity contribution in [1.29, 1.82) is 0 Å². The van der Waals surface area contributed by atoms with Crippen LogP contribution in [0.1, 0.15) is 0 Å². The maximum Gasteiger partial charge on any atom is 0.213 e. The first kappa shape index (κ1) is 8.17. The maximum atomic E-state index is 9.31. The van der Waals surface area contributed by atoms with Gasteiger partial charge in [-0.1, -0.05) is 18.2 Å². The minimum atomic E-state index is 0.198. The zero-order valence-corrected chi connectivity index (χ0v) is 7.90. The number of rotatable bonds is 2. The van der Waals surface area contributed by atoms with E-state index in [0.717, 1.165) is 17.1 Å². The molecule has 1 aliphatic rings. The highest BCUT2D eigenvalue weighted by Gasteiger charge is 2.28. The van der Waals surface area contributed by atoms with E-state index >= 15 is 0 Å². The first-order chi connectivity index (χ1) is 7.34. The van der Waals surface area contributed by atoms with E-state index in [-0.39, 0.29) is 5.75 Å². The zero-order valence-electron chi connectivity index (χ0n) is 7.90. The lowest BCUT2D eigenvalue weighted by Gasteiger charge is -2.03. The number of anilines is 2. The summed E-state index contributed by atoms with van der Waals surface area (Å²) in [5.41, 5.74) is 1.88. The Hall–Kier alpha value is -2.16. The predicted octanol–water partition coefficient (Wildman–Crippen LogP) is 3.24. The summed E-state index contributed by atoms with van der Waals surface area (Å²) in [6.45, 7) is 0. The first-order valence-corrected chi connectivity index (χ1v) is 4.70. The van der Waals surface area contributed by atoms with Gasteiger partial charge < -0.3 is 15.2 Å². The molecule has 0 spiro atoms. The van der Waals surface area contributed by atoms with Gasteiger partial charge in [0.05, 0.1) is 5.69 Å². The largest absolute Gasteiger partial charge is 0.504 e. The number of phenols is 1. The normalized spacial score (nSPS) is 11.5. The molecule has 2 aromatic rings. The third-order valence-corrected chi connectivity index (χ3v) is 2.31. The van der Waals surface area contributed by atoms with E-state index in [9.17, 15) is 5.11 Å². The number of phenolic OH excluding ortho intramolecular Hbond substituents is 1. The molecule has 15 heavy (non-hydrogen) atoms. The summed E-state index contributed by atoms with van der Waals surface area (Å²) in [7, 11) is 0. The molecule has 0 aliphatic carbocycles. The van der Waals surface area contributed by atoms with Crippen LogP contribution in [0.5, 0.6) is 17.2 Å². The Morgan fingerprint density at radius 2 is 1.73 bits per heavy atom. The highest BCUT2D eigenvalue weighted by atomic mass is 16.6. The molecule has 3 heteroatoms. The van der Waals surface area contributed by atoms with Crippen molar-refractivity contribution in [3.8, 4) is 17.2 Å². The number of benzene rings is 2. The summed E-state index contributed by atoms with van der Waals surface area (Å²) in [6, 6.07) is 13.3. The summed E-state index contributed by atoms with van der Waals surface area (Å²) in [6.07, 6.45) is 0. The highest BCUT2D eigenvalue weighted by Crippen LogP contribution is 2.57. The minimum Gasteiger partial charge on any atom is -0.504 e. The molecule has 0 radical (unpaired) electrons. The average molecular weight is 199 g/mol. The number of ether oxygens (including phenoxy) is 1. The Kier molecular flexibility index (Phi) is 1.59.